The lowest BCUT2D eigenvalue weighted by molar-refractivity contribution is -0.404. The molecule has 0 radical (unpaired) electrons. The van der Waals surface area contributed by atoms with Gasteiger partial charge in [-0.3, -0.25) is 0 Å². The summed E-state index contributed by atoms with van der Waals surface area (Å²) in [7, 11) is 0. The van der Waals surface area contributed by atoms with Crippen molar-refractivity contribution in [2.24, 2.45) is 0 Å². The first-order valence-electron chi connectivity index (χ1n) is 4.35. The molecule has 0 N–H and O–H groups in total. The Morgan fingerprint density at radius 3 is 1.00 bits per heavy atom. The predicted molar refractivity (Wildman–Crippen MR) is 36.7 cm³/mol. The molecular formula is C7H2F14. The van der Waals surface area contributed by atoms with Crippen molar-refractivity contribution in [3.63, 3.8) is 0 Å². The summed E-state index contributed by atoms with van der Waals surface area (Å²) in [5.74, 6) is -30.0. The minimum atomic E-state index is -7.76. The third-order valence-electron chi connectivity index (χ3n) is 2.11. The van der Waals surface area contributed by atoms with E-state index in [1.54, 1.807) is 0 Å². The highest BCUT2D eigenvalue weighted by atomic mass is 19.4. The number of alkyl halides is 14. The van der Waals surface area contributed by atoms with E-state index in [4.69, 9.17) is 0 Å². The van der Waals surface area contributed by atoms with Crippen LogP contribution in [0.5, 0.6) is 0 Å². The molecule has 0 amide bonds. The molecule has 0 aliphatic heterocycles. The molecule has 0 heterocycles. The Hall–Kier alpha value is -0.980. The number of hydrogen-bond donors (Lipinski definition) is 0. The summed E-state index contributed by atoms with van der Waals surface area (Å²) in [6.45, 7) is 0. The van der Waals surface area contributed by atoms with Crippen LogP contribution in [0.25, 0.3) is 0 Å². The maximum Gasteiger partial charge on any atom is 0.425 e. The van der Waals surface area contributed by atoms with Crippen LogP contribution >= 0.6 is 0 Å². The summed E-state index contributed by atoms with van der Waals surface area (Å²) < 4.78 is 169. The number of hydrogen-bond acceptors (Lipinski definition) is 0. The summed E-state index contributed by atoms with van der Waals surface area (Å²) in [6, 6.07) is 0. The maximum absolute atomic E-state index is 12.6. The van der Waals surface area contributed by atoms with E-state index in [9.17, 15) is 61.5 Å². The fraction of sp³-hybridized carbons (Fsp3) is 1.00. The lowest BCUT2D eigenvalue weighted by atomic mass is 9.95. The Kier molecular flexibility index (Phi) is 4.80. The van der Waals surface area contributed by atoms with Gasteiger partial charge in [-0.05, 0) is 0 Å². The Morgan fingerprint density at radius 1 is 0.476 bits per heavy atom. The van der Waals surface area contributed by atoms with Crippen molar-refractivity contribution in [3.05, 3.63) is 0 Å². The highest BCUT2D eigenvalue weighted by molar-refractivity contribution is 5.08. The SMILES string of the molecule is FC(F)C(F)(F)C(F)(F)C(F)(F)C(F)(F)C(F)C(F)(F)F. The maximum atomic E-state index is 12.6. The zero-order chi connectivity index (χ0) is 17.7. The van der Waals surface area contributed by atoms with Crippen LogP contribution < -0.4 is 0 Å². The van der Waals surface area contributed by atoms with Crippen molar-refractivity contribution >= 4 is 0 Å². The van der Waals surface area contributed by atoms with Crippen LogP contribution in [0.4, 0.5) is 61.5 Å². The molecular weight excluding hydrogens is 350 g/mol. The minimum Gasteiger partial charge on any atom is -0.230 e. The monoisotopic (exact) mass is 352 g/mol. The van der Waals surface area contributed by atoms with E-state index in [1.807, 2.05) is 0 Å². The first-order chi connectivity index (χ1) is 8.85. The number of halogens is 14. The molecule has 0 nitrogen and oxygen atoms in total. The van der Waals surface area contributed by atoms with Gasteiger partial charge in [0.15, 0.2) is 0 Å². The van der Waals surface area contributed by atoms with E-state index in [-0.39, 0.29) is 0 Å². The molecule has 0 rings (SSSR count). The largest absolute Gasteiger partial charge is 0.425 e. The van der Waals surface area contributed by atoms with Crippen molar-refractivity contribution in [1.29, 1.82) is 0 Å². The second-order valence-electron chi connectivity index (χ2n) is 3.60. The highest BCUT2D eigenvalue weighted by Gasteiger charge is 2.86. The van der Waals surface area contributed by atoms with Gasteiger partial charge in [0.2, 0.25) is 0 Å². The molecule has 0 saturated heterocycles. The smallest absolute Gasteiger partial charge is 0.230 e. The molecule has 0 spiro atoms. The van der Waals surface area contributed by atoms with Crippen molar-refractivity contribution in [1.82, 2.24) is 0 Å². The third-order valence-corrected chi connectivity index (χ3v) is 2.11. The second kappa shape index (κ2) is 5.04. The van der Waals surface area contributed by atoms with Gasteiger partial charge in [-0.15, -0.1) is 0 Å². The van der Waals surface area contributed by atoms with Crippen LogP contribution in [-0.4, -0.2) is 42.5 Å². The standard InChI is InChI=1S/C7H2F14/c8-1(5(15,16)17)3(11,12)6(18,19)7(20,21)4(13,14)2(9)10/h1-2H. The van der Waals surface area contributed by atoms with E-state index in [2.05, 4.69) is 0 Å². The van der Waals surface area contributed by atoms with Gasteiger partial charge in [-0.1, -0.05) is 0 Å². The molecule has 0 aromatic rings. The van der Waals surface area contributed by atoms with E-state index in [0.717, 1.165) is 0 Å². The van der Waals surface area contributed by atoms with E-state index in [1.165, 1.54) is 0 Å². The molecule has 0 aromatic heterocycles. The molecule has 0 aromatic carbocycles. The molecule has 1 unspecified atom stereocenters. The summed E-state index contributed by atoms with van der Waals surface area (Å²) in [6.07, 6.45) is -18.4. The van der Waals surface area contributed by atoms with Crippen LogP contribution in [0.2, 0.25) is 0 Å². The van der Waals surface area contributed by atoms with Gasteiger partial charge in [-0.2, -0.15) is 48.3 Å². The summed E-state index contributed by atoms with van der Waals surface area (Å²) in [5, 5.41) is 0. The predicted octanol–water partition coefficient (Wildman–Crippen LogP) is 4.69. The number of rotatable bonds is 5. The fourth-order valence-corrected chi connectivity index (χ4v) is 0.920. The molecule has 0 aliphatic rings. The van der Waals surface area contributed by atoms with E-state index in [0.29, 0.717) is 0 Å². The van der Waals surface area contributed by atoms with Crippen molar-refractivity contribution in [3.8, 4) is 0 Å². The first kappa shape index (κ1) is 20.0. The van der Waals surface area contributed by atoms with Crippen molar-refractivity contribution in [2.75, 3.05) is 0 Å². The van der Waals surface area contributed by atoms with Gasteiger partial charge >= 0.3 is 36.3 Å². The lowest BCUT2D eigenvalue weighted by Crippen LogP contribution is -2.68. The average molecular weight is 352 g/mol. The zero-order valence-electron chi connectivity index (χ0n) is 8.95. The van der Waals surface area contributed by atoms with Gasteiger partial charge in [0.05, 0.1) is 0 Å². The van der Waals surface area contributed by atoms with Crippen molar-refractivity contribution < 1.29 is 61.5 Å². The molecule has 14 heteroatoms. The van der Waals surface area contributed by atoms with Crippen LogP contribution in [-0.2, 0) is 0 Å². The molecule has 0 fully saturated rings. The lowest BCUT2D eigenvalue weighted by Gasteiger charge is -2.37. The van der Waals surface area contributed by atoms with Gasteiger partial charge in [0, 0.05) is 0 Å². The highest BCUT2D eigenvalue weighted by Crippen LogP contribution is 2.57. The Balaban J connectivity index is 5.97. The first-order valence-corrected chi connectivity index (χ1v) is 4.35. The summed E-state index contributed by atoms with van der Waals surface area (Å²) in [4.78, 5) is 0. The Bertz CT molecular complexity index is 364. The van der Waals surface area contributed by atoms with Gasteiger partial charge in [0.1, 0.15) is 0 Å². The normalized spacial score (nSPS) is 17.3. The molecule has 1 atom stereocenters. The molecule has 0 bridgehead atoms. The average Bonchev–Trinajstić information content (AvgIpc) is 2.25. The molecule has 0 aliphatic carbocycles. The second-order valence-corrected chi connectivity index (χ2v) is 3.60. The summed E-state index contributed by atoms with van der Waals surface area (Å²) in [5.41, 5.74) is 0. The van der Waals surface area contributed by atoms with Gasteiger partial charge in [0.25, 0.3) is 6.17 Å². The van der Waals surface area contributed by atoms with Crippen LogP contribution in [0.3, 0.4) is 0 Å². The molecule has 21 heavy (non-hydrogen) atoms. The van der Waals surface area contributed by atoms with Gasteiger partial charge < -0.3 is 0 Å². The fourth-order valence-electron chi connectivity index (χ4n) is 0.920. The quantitative estimate of drug-likeness (QED) is 0.630. The topological polar surface area (TPSA) is 0 Å². The van der Waals surface area contributed by atoms with E-state index >= 15 is 0 Å². The van der Waals surface area contributed by atoms with E-state index < -0.39 is 42.5 Å². The zero-order valence-corrected chi connectivity index (χ0v) is 8.95. The van der Waals surface area contributed by atoms with Gasteiger partial charge in [-0.25, -0.2) is 13.2 Å². The molecule has 128 valence electrons. The minimum absolute atomic E-state index is 5.63. The summed E-state index contributed by atoms with van der Waals surface area (Å²) >= 11 is 0. The van der Waals surface area contributed by atoms with Crippen LogP contribution in [0.1, 0.15) is 0 Å². The third kappa shape index (κ3) is 2.84. The van der Waals surface area contributed by atoms with Crippen LogP contribution in [0, 0.1) is 0 Å². The Morgan fingerprint density at radius 2 is 0.762 bits per heavy atom. The Labute approximate surface area is 105 Å². The van der Waals surface area contributed by atoms with Crippen molar-refractivity contribution in [2.45, 2.75) is 42.5 Å². The van der Waals surface area contributed by atoms with Crippen LogP contribution in [0.15, 0.2) is 0 Å². The molecule has 0 saturated carbocycles.